The smallest absolute Gasteiger partial charge is 0.234 e. The molecule has 1 fully saturated rings. The van der Waals surface area contributed by atoms with Crippen molar-refractivity contribution < 1.29 is 9.21 Å². The van der Waals surface area contributed by atoms with Crippen LogP contribution in [0.15, 0.2) is 41.0 Å². The summed E-state index contributed by atoms with van der Waals surface area (Å²) in [6.07, 6.45) is 1.60. The largest absolute Gasteiger partial charge is 0.467 e. The summed E-state index contributed by atoms with van der Waals surface area (Å²) in [5.74, 6) is 1.27. The maximum absolute atomic E-state index is 12.1. The lowest BCUT2D eigenvalue weighted by atomic mass is 10.2. The Labute approximate surface area is 130 Å². The lowest BCUT2D eigenvalue weighted by Gasteiger charge is -2.24. The number of nitrogens with zero attached hydrogens (tertiary/aromatic N) is 1. The average molecular weight is 328 g/mol. The van der Waals surface area contributed by atoms with Crippen molar-refractivity contribution in [3.63, 3.8) is 0 Å². The summed E-state index contributed by atoms with van der Waals surface area (Å²) in [6, 6.07) is 9.15. The van der Waals surface area contributed by atoms with Crippen LogP contribution < -0.4 is 0 Å². The molecule has 0 N–H and O–H groups in total. The van der Waals surface area contributed by atoms with Crippen molar-refractivity contribution in [2.45, 2.75) is 11.9 Å². The average Bonchev–Trinajstić information content (AvgIpc) is 3.06. The summed E-state index contributed by atoms with van der Waals surface area (Å²) in [7, 11) is 0. The molecular formula is C14H11Cl2NO2S. The van der Waals surface area contributed by atoms with E-state index in [9.17, 15) is 4.79 Å². The first-order chi connectivity index (χ1) is 9.66. The second-order valence-corrected chi connectivity index (χ2v) is 6.26. The first kappa shape index (κ1) is 13.9. The number of carbonyl (C=O) groups is 1. The second kappa shape index (κ2) is 5.72. The molecule has 1 aliphatic heterocycles. The Morgan fingerprint density at radius 2 is 2.15 bits per heavy atom. The molecule has 2 heterocycles. The van der Waals surface area contributed by atoms with E-state index in [1.165, 1.54) is 0 Å². The van der Waals surface area contributed by atoms with Crippen LogP contribution in [0.25, 0.3) is 0 Å². The van der Waals surface area contributed by atoms with Crippen LogP contribution in [0.5, 0.6) is 0 Å². The zero-order valence-electron chi connectivity index (χ0n) is 10.4. The highest BCUT2D eigenvalue weighted by Gasteiger charge is 2.34. The molecule has 0 radical (unpaired) electrons. The summed E-state index contributed by atoms with van der Waals surface area (Å²) in [6.45, 7) is 0.437. The van der Waals surface area contributed by atoms with Crippen molar-refractivity contribution in [1.82, 2.24) is 4.90 Å². The van der Waals surface area contributed by atoms with Crippen LogP contribution in [0, 0.1) is 0 Å². The number of thioether (sulfide) groups is 1. The van der Waals surface area contributed by atoms with E-state index in [2.05, 4.69) is 0 Å². The number of benzene rings is 1. The number of hydrogen-bond donors (Lipinski definition) is 0. The van der Waals surface area contributed by atoms with E-state index in [1.54, 1.807) is 29.0 Å². The molecule has 1 amide bonds. The van der Waals surface area contributed by atoms with Crippen molar-refractivity contribution >= 4 is 40.9 Å². The second-order valence-electron chi connectivity index (χ2n) is 4.41. The van der Waals surface area contributed by atoms with E-state index in [0.717, 1.165) is 11.3 Å². The minimum atomic E-state index is -0.126. The molecule has 3 rings (SSSR count). The van der Waals surface area contributed by atoms with Gasteiger partial charge < -0.3 is 9.32 Å². The van der Waals surface area contributed by atoms with Gasteiger partial charge in [0.1, 0.15) is 11.1 Å². The third-order valence-corrected chi connectivity index (χ3v) is 5.19. The Kier molecular flexibility index (Phi) is 3.96. The third-order valence-electron chi connectivity index (χ3n) is 3.12. The normalized spacial score (nSPS) is 18.8. The van der Waals surface area contributed by atoms with Crippen molar-refractivity contribution in [1.29, 1.82) is 0 Å². The summed E-state index contributed by atoms with van der Waals surface area (Å²) in [5.41, 5.74) is 0.863. The number of furan rings is 1. The topological polar surface area (TPSA) is 33.5 Å². The Morgan fingerprint density at radius 3 is 2.90 bits per heavy atom. The Bertz CT molecular complexity index is 630. The van der Waals surface area contributed by atoms with Gasteiger partial charge in [0.2, 0.25) is 5.91 Å². The van der Waals surface area contributed by atoms with Gasteiger partial charge in [-0.2, -0.15) is 0 Å². The van der Waals surface area contributed by atoms with Gasteiger partial charge >= 0.3 is 0 Å². The first-order valence-electron chi connectivity index (χ1n) is 6.04. The van der Waals surface area contributed by atoms with Gasteiger partial charge in [0, 0.05) is 5.56 Å². The molecule has 104 valence electrons. The van der Waals surface area contributed by atoms with Crippen LogP contribution in [0.1, 0.15) is 16.7 Å². The fourth-order valence-corrected chi connectivity index (χ4v) is 3.85. The van der Waals surface area contributed by atoms with Gasteiger partial charge in [-0.05, 0) is 18.2 Å². The molecule has 1 saturated heterocycles. The maximum Gasteiger partial charge on any atom is 0.234 e. The summed E-state index contributed by atoms with van der Waals surface area (Å²) in [4.78, 5) is 13.8. The van der Waals surface area contributed by atoms with E-state index in [0.29, 0.717) is 22.3 Å². The Balaban J connectivity index is 1.91. The van der Waals surface area contributed by atoms with Gasteiger partial charge in [-0.3, -0.25) is 4.79 Å². The molecule has 1 aromatic carbocycles. The van der Waals surface area contributed by atoms with E-state index < -0.39 is 0 Å². The molecule has 1 aromatic heterocycles. The Morgan fingerprint density at radius 1 is 1.30 bits per heavy atom. The molecule has 6 heteroatoms. The molecule has 0 unspecified atom stereocenters. The van der Waals surface area contributed by atoms with E-state index in [-0.39, 0.29) is 11.3 Å². The standard InChI is InChI=1S/C14H11Cl2NO2S/c15-11-5-1-4-10(13(11)16)14-17(12(18)8-20-14)7-9-3-2-6-19-9/h1-6,14H,7-8H2/t14-/m0/s1. The van der Waals surface area contributed by atoms with Crippen LogP contribution in [0.2, 0.25) is 10.0 Å². The zero-order chi connectivity index (χ0) is 14.1. The van der Waals surface area contributed by atoms with Crippen molar-refractivity contribution in [2.75, 3.05) is 5.75 Å². The minimum absolute atomic E-state index is 0.0763. The van der Waals surface area contributed by atoms with E-state index >= 15 is 0 Å². The summed E-state index contributed by atoms with van der Waals surface area (Å²) >= 11 is 13.9. The number of hydrogen-bond acceptors (Lipinski definition) is 3. The van der Waals surface area contributed by atoms with Gasteiger partial charge in [0.25, 0.3) is 0 Å². The molecular weight excluding hydrogens is 317 g/mol. The van der Waals surface area contributed by atoms with Crippen LogP contribution >= 0.6 is 35.0 Å². The molecule has 0 aliphatic carbocycles. The molecule has 0 saturated carbocycles. The van der Waals surface area contributed by atoms with Crippen LogP contribution in [-0.2, 0) is 11.3 Å². The van der Waals surface area contributed by atoms with Gasteiger partial charge in [-0.15, -0.1) is 11.8 Å². The van der Waals surface area contributed by atoms with Gasteiger partial charge in [0.05, 0.1) is 28.6 Å². The van der Waals surface area contributed by atoms with Gasteiger partial charge in [-0.1, -0.05) is 35.3 Å². The molecule has 0 spiro atoms. The molecule has 1 aliphatic rings. The molecule has 1 atom stereocenters. The summed E-state index contributed by atoms with van der Waals surface area (Å²) in [5, 5.41) is 0.881. The monoisotopic (exact) mass is 327 g/mol. The van der Waals surface area contributed by atoms with E-state index in [1.807, 2.05) is 24.3 Å². The fourth-order valence-electron chi connectivity index (χ4n) is 2.16. The predicted molar refractivity (Wildman–Crippen MR) is 80.9 cm³/mol. The van der Waals surface area contributed by atoms with Gasteiger partial charge in [0.15, 0.2) is 0 Å². The zero-order valence-corrected chi connectivity index (χ0v) is 12.7. The number of carbonyl (C=O) groups excluding carboxylic acids is 1. The lowest BCUT2D eigenvalue weighted by molar-refractivity contribution is -0.128. The number of amides is 1. The lowest BCUT2D eigenvalue weighted by Crippen LogP contribution is -2.27. The third kappa shape index (κ3) is 2.55. The van der Waals surface area contributed by atoms with Crippen molar-refractivity contribution in [3.8, 4) is 0 Å². The quantitative estimate of drug-likeness (QED) is 0.839. The first-order valence-corrected chi connectivity index (χ1v) is 7.84. The van der Waals surface area contributed by atoms with Crippen molar-refractivity contribution in [2.24, 2.45) is 0 Å². The SMILES string of the molecule is O=C1CS[C@@H](c2cccc(Cl)c2Cl)N1Cc1ccco1. The van der Waals surface area contributed by atoms with Gasteiger partial charge in [-0.25, -0.2) is 0 Å². The summed E-state index contributed by atoms with van der Waals surface area (Å²) < 4.78 is 5.32. The highest BCUT2D eigenvalue weighted by atomic mass is 35.5. The van der Waals surface area contributed by atoms with Crippen molar-refractivity contribution in [3.05, 3.63) is 58.0 Å². The number of halogens is 2. The molecule has 20 heavy (non-hydrogen) atoms. The van der Waals surface area contributed by atoms with Crippen LogP contribution in [-0.4, -0.2) is 16.6 Å². The maximum atomic E-state index is 12.1. The predicted octanol–water partition coefficient (Wildman–Crippen LogP) is 4.36. The minimum Gasteiger partial charge on any atom is -0.467 e. The number of rotatable bonds is 3. The fraction of sp³-hybridized carbons (Fsp3) is 0.214. The Hall–Kier alpha value is -1.10. The molecule has 0 bridgehead atoms. The molecule has 3 nitrogen and oxygen atoms in total. The van der Waals surface area contributed by atoms with E-state index in [4.69, 9.17) is 27.6 Å². The highest BCUT2D eigenvalue weighted by Crippen LogP contribution is 2.43. The van der Waals surface area contributed by atoms with Crippen LogP contribution in [0.3, 0.4) is 0 Å². The van der Waals surface area contributed by atoms with Crippen LogP contribution in [0.4, 0.5) is 0 Å². The molecule has 2 aromatic rings. The highest BCUT2D eigenvalue weighted by molar-refractivity contribution is 8.00.